The molecule has 2 amide bonds. The quantitative estimate of drug-likeness (QED) is 0.819. The van der Waals surface area contributed by atoms with Gasteiger partial charge in [-0.25, -0.2) is 13.2 Å². The third-order valence-electron chi connectivity index (χ3n) is 4.88. The SMILES string of the molecule is COCCN1CCN(C(=O)Nc2cccc(C#N)c2)[C@H]2CS(=O)(=O)C[C@H]21. The van der Waals surface area contributed by atoms with Gasteiger partial charge in [0.15, 0.2) is 9.84 Å². The van der Waals surface area contributed by atoms with Gasteiger partial charge in [-0.1, -0.05) is 6.07 Å². The van der Waals surface area contributed by atoms with Crippen LogP contribution in [0, 0.1) is 11.3 Å². The number of benzene rings is 1. The Bertz CT molecular complexity index is 820. The molecule has 1 aromatic rings. The molecule has 0 radical (unpaired) electrons. The summed E-state index contributed by atoms with van der Waals surface area (Å²) >= 11 is 0. The summed E-state index contributed by atoms with van der Waals surface area (Å²) in [5, 5.41) is 11.8. The fraction of sp³-hybridized carbons (Fsp3) is 0.529. The van der Waals surface area contributed by atoms with Crippen molar-refractivity contribution in [1.29, 1.82) is 5.26 Å². The number of urea groups is 1. The number of sulfone groups is 1. The van der Waals surface area contributed by atoms with Gasteiger partial charge in [-0.3, -0.25) is 4.90 Å². The maximum absolute atomic E-state index is 12.7. The number of ether oxygens (including phenoxy) is 1. The molecule has 0 saturated carbocycles. The van der Waals surface area contributed by atoms with E-state index in [0.29, 0.717) is 37.5 Å². The molecule has 2 aliphatic heterocycles. The van der Waals surface area contributed by atoms with Crippen LogP contribution in [-0.4, -0.2) is 81.2 Å². The molecule has 9 heteroatoms. The third kappa shape index (κ3) is 3.98. The average molecular weight is 378 g/mol. The molecule has 0 bridgehead atoms. The van der Waals surface area contributed by atoms with Gasteiger partial charge in [-0.2, -0.15) is 5.26 Å². The van der Waals surface area contributed by atoms with Crippen LogP contribution >= 0.6 is 0 Å². The number of piperazine rings is 1. The van der Waals surface area contributed by atoms with Gasteiger partial charge in [-0.05, 0) is 18.2 Å². The standard InChI is InChI=1S/C17H22N4O4S/c1-25-8-7-20-5-6-21(16-12-26(23,24)11-15(16)20)17(22)19-14-4-2-3-13(9-14)10-18/h2-4,9,15-16H,5-8,11-12H2,1H3,(H,19,22)/t15-,16+/m1/s1. The summed E-state index contributed by atoms with van der Waals surface area (Å²) in [5.74, 6) is 0.0435. The van der Waals surface area contributed by atoms with Crippen molar-refractivity contribution in [3.8, 4) is 6.07 Å². The molecule has 2 aliphatic rings. The number of carbonyl (C=O) groups is 1. The van der Waals surface area contributed by atoms with Crippen molar-refractivity contribution in [3.63, 3.8) is 0 Å². The highest BCUT2D eigenvalue weighted by atomic mass is 32.2. The zero-order valence-corrected chi connectivity index (χ0v) is 15.4. The number of anilines is 1. The largest absolute Gasteiger partial charge is 0.383 e. The Morgan fingerprint density at radius 3 is 2.85 bits per heavy atom. The van der Waals surface area contributed by atoms with Crippen LogP contribution < -0.4 is 5.32 Å². The lowest BCUT2D eigenvalue weighted by atomic mass is 10.1. The molecule has 140 valence electrons. The average Bonchev–Trinajstić information content (AvgIpc) is 2.94. The first-order valence-corrected chi connectivity index (χ1v) is 10.3. The first-order chi connectivity index (χ1) is 12.4. The predicted octanol–water partition coefficient (Wildman–Crippen LogP) is 0.520. The monoisotopic (exact) mass is 378 g/mol. The van der Waals surface area contributed by atoms with Gasteiger partial charge in [0.25, 0.3) is 0 Å². The second-order valence-corrected chi connectivity index (χ2v) is 8.71. The number of amides is 2. The zero-order chi connectivity index (χ0) is 18.7. The molecular weight excluding hydrogens is 356 g/mol. The number of carbonyl (C=O) groups excluding carboxylic acids is 1. The Kier molecular flexibility index (Phi) is 5.46. The first kappa shape index (κ1) is 18.6. The van der Waals surface area contributed by atoms with E-state index in [0.717, 1.165) is 0 Å². The van der Waals surface area contributed by atoms with Crippen LogP contribution in [0.2, 0.25) is 0 Å². The molecule has 3 rings (SSSR count). The summed E-state index contributed by atoms with van der Waals surface area (Å²) in [7, 11) is -1.57. The lowest BCUT2D eigenvalue weighted by molar-refractivity contribution is 0.0499. The molecule has 2 fully saturated rings. The smallest absolute Gasteiger partial charge is 0.322 e. The van der Waals surface area contributed by atoms with Gasteiger partial charge < -0.3 is 15.0 Å². The van der Waals surface area contributed by atoms with Gasteiger partial charge in [0.05, 0.1) is 35.8 Å². The highest BCUT2D eigenvalue weighted by Crippen LogP contribution is 2.27. The third-order valence-corrected chi connectivity index (χ3v) is 6.58. The lowest BCUT2D eigenvalue weighted by Gasteiger charge is -2.43. The fourth-order valence-corrected chi connectivity index (χ4v) is 5.64. The van der Waals surface area contributed by atoms with Crippen LogP contribution in [-0.2, 0) is 14.6 Å². The van der Waals surface area contributed by atoms with E-state index in [1.165, 1.54) is 0 Å². The van der Waals surface area contributed by atoms with Crippen LogP contribution in [0.15, 0.2) is 24.3 Å². The van der Waals surface area contributed by atoms with Crippen molar-refractivity contribution >= 4 is 21.6 Å². The molecule has 26 heavy (non-hydrogen) atoms. The zero-order valence-electron chi connectivity index (χ0n) is 14.6. The Morgan fingerprint density at radius 1 is 1.35 bits per heavy atom. The number of rotatable bonds is 4. The summed E-state index contributed by atoms with van der Waals surface area (Å²) in [6.45, 7) is 2.22. The van der Waals surface area contributed by atoms with E-state index in [1.54, 1.807) is 36.3 Å². The highest BCUT2D eigenvalue weighted by molar-refractivity contribution is 7.91. The van der Waals surface area contributed by atoms with E-state index in [9.17, 15) is 13.2 Å². The Labute approximate surface area is 153 Å². The lowest BCUT2D eigenvalue weighted by Crippen LogP contribution is -2.61. The van der Waals surface area contributed by atoms with Crippen molar-refractivity contribution in [2.75, 3.05) is 50.2 Å². The van der Waals surface area contributed by atoms with Gasteiger partial charge in [0, 0.05) is 38.5 Å². The second-order valence-electron chi connectivity index (χ2n) is 6.56. The minimum atomic E-state index is -3.18. The predicted molar refractivity (Wildman–Crippen MR) is 96.6 cm³/mol. The van der Waals surface area contributed by atoms with Crippen molar-refractivity contribution in [1.82, 2.24) is 9.80 Å². The summed E-state index contributed by atoms with van der Waals surface area (Å²) in [5.41, 5.74) is 0.974. The molecule has 2 saturated heterocycles. The molecule has 0 aliphatic carbocycles. The number of nitrogens with zero attached hydrogens (tertiary/aromatic N) is 3. The summed E-state index contributed by atoms with van der Waals surface area (Å²) in [4.78, 5) is 16.4. The van der Waals surface area contributed by atoms with Crippen molar-refractivity contribution in [2.24, 2.45) is 0 Å². The Balaban J connectivity index is 1.75. The molecule has 0 spiro atoms. The molecule has 2 heterocycles. The van der Waals surface area contributed by atoms with Gasteiger partial charge in [0.2, 0.25) is 0 Å². The van der Waals surface area contributed by atoms with E-state index in [2.05, 4.69) is 10.2 Å². The molecule has 2 atom stereocenters. The molecule has 1 aromatic carbocycles. The molecule has 0 aromatic heterocycles. The normalized spacial score (nSPS) is 24.7. The molecular formula is C17H22N4O4S. The van der Waals surface area contributed by atoms with E-state index >= 15 is 0 Å². The van der Waals surface area contributed by atoms with Crippen LogP contribution in [0.5, 0.6) is 0 Å². The van der Waals surface area contributed by atoms with Crippen LogP contribution in [0.1, 0.15) is 5.56 Å². The highest BCUT2D eigenvalue weighted by Gasteiger charge is 2.47. The molecule has 1 N–H and O–H groups in total. The second kappa shape index (κ2) is 7.61. The van der Waals surface area contributed by atoms with Crippen molar-refractivity contribution in [2.45, 2.75) is 12.1 Å². The van der Waals surface area contributed by atoms with Gasteiger partial charge in [0.1, 0.15) is 0 Å². The number of fused-ring (bicyclic) bond motifs is 1. The Morgan fingerprint density at radius 2 is 2.12 bits per heavy atom. The van der Waals surface area contributed by atoms with Gasteiger partial charge in [-0.15, -0.1) is 0 Å². The number of nitriles is 1. The number of hydrogen-bond donors (Lipinski definition) is 1. The van der Waals surface area contributed by atoms with Crippen LogP contribution in [0.3, 0.4) is 0 Å². The van der Waals surface area contributed by atoms with E-state index < -0.39 is 9.84 Å². The van der Waals surface area contributed by atoms with Crippen LogP contribution in [0.25, 0.3) is 0 Å². The summed E-state index contributed by atoms with van der Waals surface area (Å²) < 4.78 is 29.5. The van der Waals surface area contributed by atoms with Crippen LogP contribution in [0.4, 0.5) is 10.5 Å². The molecule has 8 nitrogen and oxygen atoms in total. The minimum absolute atomic E-state index is 0.0210. The summed E-state index contributed by atoms with van der Waals surface area (Å²) in [6, 6.07) is 7.77. The topological polar surface area (TPSA) is 103 Å². The summed E-state index contributed by atoms with van der Waals surface area (Å²) in [6.07, 6.45) is 0. The van der Waals surface area contributed by atoms with Gasteiger partial charge >= 0.3 is 6.03 Å². The number of methoxy groups -OCH3 is 1. The fourth-order valence-electron chi connectivity index (χ4n) is 3.62. The van der Waals surface area contributed by atoms with Crippen molar-refractivity contribution < 1.29 is 17.9 Å². The van der Waals surface area contributed by atoms with Crippen molar-refractivity contribution in [3.05, 3.63) is 29.8 Å². The van der Waals surface area contributed by atoms with E-state index in [4.69, 9.17) is 10.00 Å². The van der Waals surface area contributed by atoms with E-state index in [1.807, 2.05) is 6.07 Å². The Hall–Kier alpha value is -2.15. The minimum Gasteiger partial charge on any atom is -0.383 e. The van der Waals surface area contributed by atoms with E-state index in [-0.39, 0.29) is 29.6 Å². The number of hydrogen-bond acceptors (Lipinski definition) is 6. The number of nitrogens with one attached hydrogen (secondary N) is 1. The maximum Gasteiger partial charge on any atom is 0.322 e. The maximum atomic E-state index is 12.7. The molecule has 0 unspecified atom stereocenters. The first-order valence-electron chi connectivity index (χ1n) is 8.45.